The molecule has 0 radical (unpaired) electrons. The van der Waals surface area contributed by atoms with Crippen molar-refractivity contribution >= 4 is 23.3 Å². The molecule has 1 amide bonds. The number of nitrogens with zero attached hydrogens (tertiary/aromatic N) is 2. The van der Waals surface area contributed by atoms with Crippen LogP contribution in [0.3, 0.4) is 0 Å². The van der Waals surface area contributed by atoms with Crippen LogP contribution in [0.4, 0.5) is 0 Å². The van der Waals surface area contributed by atoms with Gasteiger partial charge in [-0.3, -0.25) is 14.7 Å². The Balaban J connectivity index is 0.000000485. The number of fused-ring (bicyclic) bond motifs is 4. The maximum absolute atomic E-state index is 12.5. The van der Waals surface area contributed by atoms with E-state index in [4.69, 9.17) is 9.90 Å². The van der Waals surface area contributed by atoms with Crippen LogP contribution in [0.5, 0.6) is 0 Å². The second-order valence-electron chi connectivity index (χ2n) is 5.94. The van der Waals surface area contributed by atoms with Crippen molar-refractivity contribution in [3.63, 3.8) is 0 Å². The third kappa shape index (κ3) is 3.19. The topological polar surface area (TPSA) is 98.3 Å². The molecule has 3 aliphatic heterocycles. The van der Waals surface area contributed by atoms with E-state index in [1.54, 1.807) is 0 Å². The van der Waals surface area contributed by atoms with Gasteiger partial charge in [-0.05, 0) is 37.9 Å². The molecule has 5 rings (SSSR count). The molecule has 0 unspecified atom stereocenters. The van der Waals surface area contributed by atoms with Gasteiger partial charge in [-0.2, -0.15) is 5.10 Å². The summed E-state index contributed by atoms with van der Waals surface area (Å²) in [5.74, 6) is 0.579. The number of carbonyl (C=O) groups excluding carboxylic acids is 1. The molecule has 23 heavy (non-hydrogen) atoms. The Kier molecular flexibility index (Phi) is 4.57. The number of hydrogen-bond acceptors (Lipinski definition) is 4. The minimum absolute atomic E-state index is 0.0544. The summed E-state index contributed by atoms with van der Waals surface area (Å²) in [5, 5.41) is 18.1. The van der Waals surface area contributed by atoms with Crippen LogP contribution in [0.2, 0.25) is 0 Å². The van der Waals surface area contributed by atoms with Crippen molar-refractivity contribution in [2.45, 2.75) is 18.9 Å². The fraction of sp³-hybridized carbons (Fsp3) is 0.438. The third-order valence-electron chi connectivity index (χ3n) is 4.66. The van der Waals surface area contributed by atoms with E-state index in [-0.39, 0.29) is 18.4 Å². The first-order chi connectivity index (χ1) is 11.2. The van der Waals surface area contributed by atoms with E-state index in [9.17, 15) is 4.79 Å². The molecular formula is C16H20N4O3. The molecule has 7 nitrogen and oxygen atoms in total. The van der Waals surface area contributed by atoms with Gasteiger partial charge in [-0.15, -0.1) is 0 Å². The molecule has 7 heteroatoms. The quantitative estimate of drug-likeness (QED) is 0.720. The van der Waals surface area contributed by atoms with E-state index >= 15 is 0 Å². The Hall–Kier alpha value is -2.41. The van der Waals surface area contributed by atoms with Crippen molar-refractivity contribution in [3.8, 4) is 0 Å². The summed E-state index contributed by atoms with van der Waals surface area (Å²) < 4.78 is 0. The van der Waals surface area contributed by atoms with Gasteiger partial charge in [0.15, 0.2) is 5.69 Å². The molecule has 2 aromatic rings. The number of carboxylic acid groups (broad SMARTS) is 1. The van der Waals surface area contributed by atoms with E-state index in [0.29, 0.717) is 11.6 Å². The highest BCUT2D eigenvalue weighted by Crippen LogP contribution is 2.27. The fourth-order valence-electron chi connectivity index (χ4n) is 3.50. The zero-order valence-corrected chi connectivity index (χ0v) is 12.7. The second kappa shape index (κ2) is 6.78. The number of amides is 1. The maximum atomic E-state index is 12.5. The van der Waals surface area contributed by atoms with E-state index < -0.39 is 0 Å². The van der Waals surface area contributed by atoms with E-state index in [2.05, 4.69) is 20.4 Å². The SMILES string of the molecule is O=C(N[C@@H]1CN2CCC1CC2)c1n[nH]c2ccccc12.O=CO. The van der Waals surface area contributed by atoms with Crippen molar-refractivity contribution in [3.05, 3.63) is 30.0 Å². The average molecular weight is 316 g/mol. The summed E-state index contributed by atoms with van der Waals surface area (Å²) in [7, 11) is 0. The third-order valence-corrected chi connectivity index (χ3v) is 4.66. The minimum Gasteiger partial charge on any atom is -0.483 e. The summed E-state index contributed by atoms with van der Waals surface area (Å²) in [5.41, 5.74) is 1.42. The number of piperidine rings is 3. The standard InChI is InChI=1S/C15H18N4O.CH2O2/c20-15(14-11-3-1-2-4-12(11)17-18-14)16-13-9-19-7-5-10(13)6-8-19;2-1-3/h1-4,10,13H,5-9H2,(H,16,20)(H,17,18);1H,(H,2,3)/t13-;/m1./s1. The zero-order valence-electron chi connectivity index (χ0n) is 12.7. The Morgan fingerprint density at radius 1 is 1.35 bits per heavy atom. The van der Waals surface area contributed by atoms with Gasteiger partial charge in [-0.1, -0.05) is 18.2 Å². The highest BCUT2D eigenvalue weighted by Gasteiger charge is 2.35. The molecule has 1 aromatic carbocycles. The van der Waals surface area contributed by atoms with Crippen LogP contribution >= 0.6 is 0 Å². The minimum atomic E-state index is -0.250. The van der Waals surface area contributed by atoms with Gasteiger partial charge in [-0.25, -0.2) is 0 Å². The van der Waals surface area contributed by atoms with E-state index in [1.165, 1.54) is 25.9 Å². The molecule has 3 aliphatic rings. The molecule has 3 saturated heterocycles. The van der Waals surface area contributed by atoms with Crippen LogP contribution < -0.4 is 5.32 Å². The highest BCUT2D eigenvalue weighted by molar-refractivity contribution is 6.04. The molecule has 2 bridgehead atoms. The van der Waals surface area contributed by atoms with Crippen LogP contribution in [0, 0.1) is 5.92 Å². The van der Waals surface area contributed by atoms with Crippen molar-refractivity contribution in [1.29, 1.82) is 0 Å². The second-order valence-corrected chi connectivity index (χ2v) is 5.94. The number of benzene rings is 1. The Morgan fingerprint density at radius 3 is 2.70 bits per heavy atom. The van der Waals surface area contributed by atoms with Gasteiger partial charge in [0.1, 0.15) is 0 Å². The molecular weight excluding hydrogens is 296 g/mol. The summed E-state index contributed by atoms with van der Waals surface area (Å²) >= 11 is 0. The first-order valence-corrected chi connectivity index (χ1v) is 7.77. The van der Waals surface area contributed by atoms with Gasteiger partial charge in [0.2, 0.25) is 0 Å². The number of carbonyl (C=O) groups is 2. The monoisotopic (exact) mass is 316 g/mol. The first kappa shape index (κ1) is 15.5. The summed E-state index contributed by atoms with van der Waals surface area (Å²) in [4.78, 5) is 23.3. The van der Waals surface area contributed by atoms with Gasteiger partial charge in [0.25, 0.3) is 12.4 Å². The maximum Gasteiger partial charge on any atom is 0.290 e. The number of H-pyrrole nitrogens is 1. The number of aromatic amines is 1. The Bertz CT molecular complexity index is 691. The van der Waals surface area contributed by atoms with Crippen LogP contribution in [0.15, 0.2) is 24.3 Å². The Morgan fingerprint density at radius 2 is 2.04 bits per heavy atom. The molecule has 1 atom stereocenters. The summed E-state index contributed by atoms with van der Waals surface area (Å²) in [6.45, 7) is 3.10. The predicted molar refractivity (Wildman–Crippen MR) is 85.2 cm³/mol. The molecule has 0 spiro atoms. The number of rotatable bonds is 2. The molecule has 0 saturated carbocycles. The number of nitrogens with one attached hydrogen (secondary N) is 2. The largest absolute Gasteiger partial charge is 0.483 e. The van der Waals surface area contributed by atoms with Gasteiger partial charge in [0.05, 0.1) is 5.52 Å². The van der Waals surface area contributed by atoms with Crippen molar-refractivity contribution in [2.24, 2.45) is 5.92 Å². The van der Waals surface area contributed by atoms with Crippen LogP contribution in [0.1, 0.15) is 23.3 Å². The number of hydrogen-bond donors (Lipinski definition) is 3. The lowest BCUT2D eigenvalue weighted by Gasteiger charge is -2.44. The molecule has 0 aliphatic carbocycles. The molecule has 1 aromatic heterocycles. The molecule has 3 N–H and O–H groups in total. The van der Waals surface area contributed by atoms with Gasteiger partial charge >= 0.3 is 0 Å². The summed E-state index contributed by atoms with van der Waals surface area (Å²) in [6.07, 6.45) is 2.40. The zero-order chi connectivity index (χ0) is 16.2. The number of para-hydroxylation sites is 1. The van der Waals surface area contributed by atoms with Gasteiger partial charge < -0.3 is 15.3 Å². The average Bonchev–Trinajstić information content (AvgIpc) is 3.01. The van der Waals surface area contributed by atoms with Crippen molar-refractivity contribution in [1.82, 2.24) is 20.4 Å². The van der Waals surface area contributed by atoms with Crippen LogP contribution in [-0.4, -0.2) is 58.3 Å². The van der Waals surface area contributed by atoms with Crippen LogP contribution in [-0.2, 0) is 4.79 Å². The van der Waals surface area contributed by atoms with Crippen LogP contribution in [0.25, 0.3) is 10.9 Å². The number of aromatic nitrogens is 2. The lowest BCUT2D eigenvalue weighted by atomic mass is 9.84. The Labute approximate surface area is 133 Å². The summed E-state index contributed by atoms with van der Waals surface area (Å²) in [6, 6.07) is 8.02. The predicted octanol–water partition coefficient (Wildman–Crippen LogP) is 1.09. The molecule has 122 valence electrons. The highest BCUT2D eigenvalue weighted by atomic mass is 16.3. The first-order valence-electron chi connectivity index (χ1n) is 7.77. The van der Waals surface area contributed by atoms with E-state index in [0.717, 1.165) is 17.4 Å². The molecule has 4 heterocycles. The van der Waals surface area contributed by atoms with Gasteiger partial charge in [0, 0.05) is 18.0 Å². The van der Waals surface area contributed by atoms with Crippen molar-refractivity contribution in [2.75, 3.05) is 19.6 Å². The molecule has 3 fully saturated rings. The van der Waals surface area contributed by atoms with E-state index in [1.807, 2.05) is 24.3 Å². The smallest absolute Gasteiger partial charge is 0.290 e. The van der Waals surface area contributed by atoms with Crippen molar-refractivity contribution < 1.29 is 14.7 Å². The lowest BCUT2D eigenvalue weighted by Crippen LogP contribution is -2.57. The fourth-order valence-corrected chi connectivity index (χ4v) is 3.50. The normalized spacial score (nSPS) is 25.5. The lowest BCUT2D eigenvalue weighted by molar-refractivity contribution is -0.122.